The highest BCUT2D eigenvalue weighted by molar-refractivity contribution is 6.04. The van der Waals surface area contributed by atoms with Crippen molar-refractivity contribution in [1.82, 2.24) is 0 Å². The van der Waals surface area contributed by atoms with Crippen LogP contribution >= 0.6 is 0 Å². The Balaban J connectivity index is 1.38. The minimum atomic E-state index is -0.430. The topological polar surface area (TPSA) is 3.24 Å². The van der Waals surface area contributed by atoms with Gasteiger partial charge in [-0.15, -0.1) is 0 Å². The molecule has 198 valence electrons. The smallest absolute Gasteiger partial charge is 0.0713 e. The first-order chi connectivity index (χ1) is 20.9. The van der Waals surface area contributed by atoms with E-state index in [1.54, 1.807) is 0 Å². The number of nitrogens with zero attached hydrogens (tertiary/aromatic N) is 1. The molecule has 0 saturated carbocycles. The molecule has 0 heterocycles. The average Bonchev–Trinajstić information content (AvgIpc) is 3.38. The van der Waals surface area contributed by atoms with Gasteiger partial charge >= 0.3 is 0 Å². The van der Waals surface area contributed by atoms with E-state index < -0.39 is 5.41 Å². The molecule has 1 nitrogen and oxygen atoms in total. The first-order valence-electron chi connectivity index (χ1n) is 14.5. The van der Waals surface area contributed by atoms with Crippen molar-refractivity contribution < 1.29 is 0 Å². The van der Waals surface area contributed by atoms with E-state index in [0.717, 1.165) is 17.1 Å². The fourth-order valence-corrected chi connectivity index (χ4v) is 6.99. The molecule has 0 radical (unpaired) electrons. The molecule has 1 heteroatoms. The number of anilines is 3. The molecule has 1 unspecified atom stereocenters. The van der Waals surface area contributed by atoms with Crippen LogP contribution in [-0.2, 0) is 5.41 Å². The monoisotopic (exact) mass is 535 g/mol. The van der Waals surface area contributed by atoms with Crippen LogP contribution in [0, 0.1) is 0 Å². The molecular formula is C41H29N. The van der Waals surface area contributed by atoms with Crippen LogP contribution in [0.5, 0.6) is 0 Å². The van der Waals surface area contributed by atoms with Gasteiger partial charge in [0.2, 0.25) is 0 Å². The summed E-state index contributed by atoms with van der Waals surface area (Å²) < 4.78 is 0. The highest BCUT2D eigenvalue weighted by atomic mass is 15.1. The zero-order valence-corrected chi connectivity index (χ0v) is 23.2. The van der Waals surface area contributed by atoms with E-state index in [4.69, 9.17) is 0 Å². The van der Waals surface area contributed by atoms with Crippen molar-refractivity contribution in [2.45, 2.75) is 5.41 Å². The molecule has 0 aromatic heterocycles. The second-order valence-corrected chi connectivity index (χ2v) is 10.9. The first-order valence-corrected chi connectivity index (χ1v) is 14.5. The van der Waals surface area contributed by atoms with Crippen molar-refractivity contribution in [3.63, 3.8) is 0 Å². The number of hydrogen-bond donors (Lipinski definition) is 0. The summed E-state index contributed by atoms with van der Waals surface area (Å²) in [5.41, 5.74) is 10.8. The standard InChI is InChI=1S/C41H29N/c1-4-15-31(16-5-1)41(38-23-13-12-22-37(38)40-36-21-11-10-14-30(36)24-29-39(40)41)32-25-27-35(28-26-32)42(33-17-6-2-7-18-33)34-19-8-3-9-20-34/h1-29H. The Bertz CT molecular complexity index is 1970. The third-order valence-corrected chi connectivity index (χ3v) is 8.73. The summed E-state index contributed by atoms with van der Waals surface area (Å²) in [7, 11) is 0. The Morgan fingerprint density at radius 2 is 0.881 bits per heavy atom. The van der Waals surface area contributed by atoms with Crippen molar-refractivity contribution in [3.8, 4) is 11.1 Å². The number of benzene rings is 7. The van der Waals surface area contributed by atoms with Gasteiger partial charge in [0.15, 0.2) is 0 Å². The van der Waals surface area contributed by atoms with Crippen molar-refractivity contribution in [1.29, 1.82) is 0 Å². The number of para-hydroxylation sites is 2. The molecule has 1 aliphatic carbocycles. The Morgan fingerprint density at radius 1 is 0.357 bits per heavy atom. The number of fused-ring (bicyclic) bond motifs is 5. The molecule has 1 aliphatic rings. The highest BCUT2D eigenvalue weighted by Gasteiger charge is 2.46. The predicted octanol–water partition coefficient (Wildman–Crippen LogP) is 10.7. The van der Waals surface area contributed by atoms with E-state index in [9.17, 15) is 0 Å². The molecule has 0 spiro atoms. The van der Waals surface area contributed by atoms with Crippen LogP contribution in [0.1, 0.15) is 22.3 Å². The van der Waals surface area contributed by atoms with E-state index in [1.807, 2.05) is 0 Å². The molecule has 7 aromatic carbocycles. The Kier molecular flexibility index (Phi) is 5.75. The molecule has 0 fully saturated rings. The quantitative estimate of drug-likeness (QED) is 0.212. The number of rotatable bonds is 5. The zero-order valence-electron chi connectivity index (χ0n) is 23.2. The number of hydrogen-bond acceptors (Lipinski definition) is 1. The molecule has 0 aliphatic heterocycles. The minimum absolute atomic E-state index is 0.430. The van der Waals surface area contributed by atoms with E-state index in [-0.39, 0.29) is 0 Å². The lowest BCUT2D eigenvalue weighted by molar-refractivity contribution is 0.769. The third-order valence-electron chi connectivity index (χ3n) is 8.73. The maximum Gasteiger partial charge on any atom is 0.0713 e. The lowest BCUT2D eigenvalue weighted by Crippen LogP contribution is -2.28. The Morgan fingerprint density at radius 3 is 1.57 bits per heavy atom. The summed E-state index contributed by atoms with van der Waals surface area (Å²) in [4.78, 5) is 2.32. The van der Waals surface area contributed by atoms with Crippen LogP contribution in [0.2, 0.25) is 0 Å². The molecule has 7 aromatic rings. The maximum absolute atomic E-state index is 2.36. The van der Waals surface area contributed by atoms with Crippen molar-refractivity contribution in [2.24, 2.45) is 0 Å². The SMILES string of the molecule is c1ccc(N(c2ccccc2)c2ccc(C3(c4ccccc4)c4ccccc4-c4c3ccc3ccccc43)cc2)cc1. The van der Waals surface area contributed by atoms with Gasteiger partial charge < -0.3 is 4.90 Å². The molecular weight excluding hydrogens is 506 g/mol. The highest BCUT2D eigenvalue weighted by Crippen LogP contribution is 2.57. The molecule has 0 bridgehead atoms. The van der Waals surface area contributed by atoms with Gasteiger partial charge in [-0.2, -0.15) is 0 Å². The summed E-state index contributed by atoms with van der Waals surface area (Å²) in [6.45, 7) is 0. The lowest BCUT2D eigenvalue weighted by atomic mass is 9.67. The van der Waals surface area contributed by atoms with Crippen LogP contribution in [-0.4, -0.2) is 0 Å². The van der Waals surface area contributed by atoms with Crippen molar-refractivity contribution >= 4 is 27.8 Å². The van der Waals surface area contributed by atoms with Crippen LogP contribution < -0.4 is 4.90 Å². The lowest BCUT2D eigenvalue weighted by Gasteiger charge is -2.34. The molecule has 8 rings (SSSR count). The van der Waals surface area contributed by atoms with Gasteiger partial charge in [-0.3, -0.25) is 0 Å². The second kappa shape index (κ2) is 9.90. The summed E-state index contributed by atoms with van der Waals surface area (Å²) in [6, 6.07) is 63.9. The first kappa shape index (κ1) is 24.4. The maximum atomic E-state index is 2.36. The molecule has 0 N–H and O–H groups in total. The summed E-state index contributed by atoms with van der Waals surface area (Å²) in [5, 5.41) is 2.57. The predicted molar refractivity (Wildman–Crippen MR) is 176 cm³/mol. The van der Waals surface area contributed by atoms with Crippen molar-refractivity contribution in [2.75, 3.05) is 4.90 Å². The summed E-state index contributed by atoms with van der Waals surface area (Å²) in [6.07, 6.45) is 0. The second-order valence-electron chi connectivity index (χ2n) is 10.9. The zero-order chi connectivity index (χ0) is 27.9. The van der Waals surface area contributed by atoms with E-state index >= 15 is 0 Å². The molecule has 42 heavy (non-hydrogen) atoms. The fraction of sp³-hybridized carbons (Fsp3) is 0.0244. The van der Waals surface area contributed by atoms with E-state index in [2.05, 4.69) is 181 Å². The normalized spacial score (nSPS) is 15.2. The van der Waals surface area contributed by atoms with Crippen LogP contribution in [0.15, 0.2) is 176 Å². The van der Waals surface area contributed by atoms with Gasteiger partial charge in [-0.25, -0.2) is 0 Å². The largest absolute Gasteiger partial charge is 0.311 e. The van der Waals surface area contributed by atoms with Gasteiger partial charge in [0, 0.05) is 17.1 Å². The van der Waals surface area contributed by atoms with Gasteiger partial charge in [-0.05, 0) is 80.6 Å². The van der Waals surface area contributed by atoms with Gasteiger partial charge in [0.05, 0.1) is 5.41 Å². The Labute approximate surface area is 247 Å². The third kappa shape index (κ3) is 3.64. The van der Waals surface area contributed by atoms with E-state index in [1.165, 1.54) is 44.2 Å². The van der Waals surface area contributed by atoms with Gasteiger partial charge in [0.25, 0.3) is 0 Å². The minimum Gasteiger partial charge on any atom is -0.311 e. The molecule has 1 atom stereocenters. The van der Waals surface area contributed by atoms with Crippen LogP contribution in [0.4, 0.5) is 17.1 Å². The van der Waals surface area contributed by atoms with Crippen LogP contribution in [0.3, 0.4) is 0 Å². The van der Waals surface area contributed by atoms with E-state index in [0.29, 0.717) is 0 Å². The average molecular weight is 536 g/mol. The summed E-state index contributed by atoms with van der Waals surface area (Å²) in [5.74, 6) is 0. The Hall–Kier alpha value is -5.40. The van der Waals surface area contributed by atoms with Gasteiger partial charge in [-0.1, -0.05) is 140 Å². The summed E-state index contributed by atoms with van der Waals surface area (Å²) >= 11 is 0. The molecule has 0 amide bonds. The van der Waals surface area contributed by atoms with Crippen LogP contribution in [0.25, 0.3) is 21.9 Å². The fourth-order valence-electron chi connectivity index (χ4n) is 6.99. The van der Waals surface area contributed by atoms with Crippen molar-refractivity contribution in [3.05, 3.63) is 198 Å². The van der Waals surface area contributed by atoms with Gasteiger partial charge in [0.1, 0.15) is 0 Å². The molecule has 0 saturated heterocycles.